The van der Waals surface area contributed by atoms with E-state index in [1.54, 1.807) is 0 Å². The van der Waals surface area contributed by atoms with Gasteiger partial charge < -0.3 is 31.3 Å². The number of hydrogen-bond donors (Lipinski definition) is 3. The molecule has 2 saturated heterocycles. The van der Waals surface area contributed by atoms with Gasteiger partial charge in [-0.1, -0.05) is 25.7 Å². The number of likely N-dealkylation sites (tertiary alicyclic amines) is 1. The lowest BCUT2D eigenvalue weighted by Crippen LogP contribution is -2.77. The summed E-state index contributed by atoms with van der Waals surface area (Å²) in [5, 5.41) is 3.00. The van der Waals surface area contributed by atoms with Crippen LogP contribution in [0, 0.1) is 17.8 Å². The van der Waals surface area contributed by atoms with Crippen LogP contribution in [0.15, 0.2) is 11.8 Å². The van der Waals surface area contributed by atoms with Crippen molar-refractivity contribution in [1.82, 2.24) is 20.0 Å². The van der Waals surface area contributed by atoms with Gasteiger partial charge in [0, 0.05) is 31.9 Å². The number of fused-ring (bicyclic) bond motifs is 3. The molecule has 11 atom stereocenters. The summed E-state index contributed by atoms with van der Waals surface area (Å²) in [5.41, 5.74) is 13.0. The largest absolute Gasteiger partial charge is 0.369 e. The van der Waals surface area contributed by atoms with Crippen molar-refractivity contribution in [3.05, 3.63) is 11.8 Å². The first-order valence-electron chi connectivity index (χ1n) is 15.8. The fourth-order valence-electron chi connectivity index (χ4n) is 8.89. The first-order valence-corrected chi connectivity index (χ1v) is 15.8. The zero-order chi connectivity index (χ0) is 28.1. The second kappa shape index (κ2) is 11.6. The summed E-state index contributed by atoms with van der Waals surface area (Å²) in [7, 11) is 4.06. The SMILES string of the molecule is CN(C)CCCCNC(=O)C1=CN2C3CC4CCCCC4CC3OC3C(N)C(F)C(N4CC[C@H](N)C4)C(C1=O)C32. The molecule has 5 fully saturated rings. The quantitative estimate of drug-likeness (QED) is 0.312. The Hall–Kier alpha value is -1.59. The monoisotopic (exact) mass is 560 g/mol. The zero-order valence-electron chi connectivity index (χ0n) is 24.2. The molecule has 0 aromatic rings. The second-order valence-electron chi connectivity index (χ2n) is 13.7. The molecule has 0 radical (unpaired) electrons. The van der Waals surface area contributed by atoms with Crippen molar-refractivity contribution < 1.29 is 18.7 Å². The summed E-state index contributed by atoms with van der Waals surface area (Å²) in [6.07, 6.45) is 9.20. The van der Waals surface area contributed by atoms with Gasteiger partial charge >= 0.3 is 0 Å². The topological polar surface area (TPSA) is 117 Å². The predicted octanol–water partition coefficient (Wildman–Crippen LogP) is 1.01. The molecule has 0 aromatic carbocycles. The first-order chi connectivity index (χ1) is 19.2. The van der Waals surface area contributed by atoms with Gasteiger partial charge in [-0.25, -0.2) is 4.39 Å². The second-order valence-corrected chi connectivity index (χ2v) is 13.7. The zero-order valence-corrected chi connectivity index (χ0v) is 24.2. The van der Waals surface area contributed by atoms with Crippen LogP contribution in [0.25, 0.3) is 0 Å². The number of carbonyl (C=O) groups excluding carboxylic acids is 2. The van der Waals surface area contributed by atoms with E-state index < -0.39 is 30.3 Å². The van der Waals surface area contributed by atoms with Crippen LogP contribution in [0.3, 0.4) is 0 Å². The number of carbonyl (C=O) groups is 2. The van der Waals surface area contributed by atoms with E-state index in [2.05, 4.69) is 15.1 Å². The molecule has 1 amide bonds. The van der Waals surface area contributed by atoms with Crippen LogP contribution in [-0.4, -0.2) is 115 Å². The van der Waals surface area contributed by atoms with Crippen LogP contribution >= 0.6 is 0 Å². The van der Waals surface area contributed by atoms with Crippen LogP contribution in [0.4, 0.5) is 4.39 Å². The Morgan fingerprint density at radius 1 is 1.12 bits per heavy atom. The number of halogens is 1. The van der Waals surface area contributed by atoms with Crippen molar-refractivity contribution in [3.8, 4) is 0 Å². The van der Waals surface area contributed by atoms with E-state index in [9.17, 15) is 9.59 Å². The number of ether oxygens (including phenoxy) is 1. The molecule has 10 heteroatoms. The number of unbranched alkanes of at least 4 members (excludes halogenated alkanes) is 1. The van der Waals surface area contributed by atoms with Crippen molar-refractivity contribution in [1.29, 1.82) is 0 Å². The van der Waals surface area contributed by atoms with Crippen LogP contribution < -0.4 is 16.8 Å². The van der Waals surface area contributed by atoms with Crippen molar-refractivity contribution in [2.24, 2.45) is 29.2 Å². The predicted molar refractivity (Wildman–Crippen MR) is 151 cm³/mol. The molecule has 3 aliphatic heterocycles. The van der Waals surface area contributed by atoms with Gasteiger partial charge in [0.05, 0.1) is 47.9 Å². The van der Waals surface area contributed by atoms with Gasteiger partial charge in [0.1, 0.15) is 6.17 Å². The van der Waals surface area contributed by atoms with E-state index in [1.807, 2.05) is 25.2 Å². The van der Waals surface area contributed by atoms with Crippen LogP contribution in [0.5, 0.6) is 0 Å². The number of morpholine rings is 1. The van der Waals surface area contributed by atoms with Crippen molar-refractivity contribution >= 4 is 11.7 Å². The molecular formula is C30H49FN6O3. The lowest BCUT2D eigenvalue weighted by Gasteiger charge is -2.62. The van der Waals surface area contributed by atoms with Gasteiger partial charge in [0.15, 0.2) is 5.78 Å². The molecule has 10 unspecified atom stereocenters. The van der Waals surface area contributed by atoms with Gasteiger partial charge in [0.25, 0.3) is 5.91 Å². The van der Waals surface area contributed by atoms with Crippen molar-refractivity contribution in [3.63, 3.8) is 0 Å². The highest BCUT2D eigenvalue weighted by molar-refractivity contribution is 6.21. The van der Waals surface area contributed by atoms with Gasteiger partial charge in [0.2, 0.25) is 0 Å². The molecule has 0 spiro atoms. The van der Waals surface area contributed by atoms with Crippen molar-refractivity contribution in [2.45, 2.75) is 106 Å². The number of Topliss-reactive ketones (excluding diaryl/α,β-unsaturated/α-hetero) is 1. The molecule has 9 nitrogen and oxygen atoms in total. The Labute approximate surface area is 238 Å². The fourth-order valence-corrected chi connectivity index (χ4v) is 8.89. The maximum absolute atomic E-state index is 16.3. The lowest BCUT2D eigenvalue weighted by atomic mass is 9.63. The standard InChI is InChI=1S/C30H49FN6O3/c1-35(2)11-6-5-10-34-30(39)20-16-37-21-13-17-7-3-4-8-18(17)14-22(21)40-29-25(33)24(31)26(23(27(29)37)28(20)38)36-12-9-19(32)15-36/h16-19,21-27,29H,3-15,32-33H2,1-2H3,(H,34,39)/t17?,18?,19-,21?,22?,23?,24?,25?,26?,27?,29?/m0/s1. The Kier molecular flexibility index (Phi) is 8.27. The van der Waals surface area contributed by atoms with Crippen LogP contribution in [0.2, 0.25) is 0 Å². The third-order valence-electron chi connectivity index (χ3n) is 10.9. The van der Waals surface area contributed by atoms with E-state index in [1.165, 1.54) is 25.7 Å². The molecule has 6 aliphatic rings. The molecule has 0 aromatic heterocycles. The third-order valence-corrected chi connectivity index (χ3v) is 10.9. The number of rotatable bonds is 7. The summed E-state index contributed by atoms with van der Waals surface area (Å²) < 4.78 is 23.1. The summed E-state index contributed by atoms with van der Waals surface area (Å²) >= 11 is 0. The highest BCUT2D eigenvalue weighted by Crippen LogP contribution is 2.50. The summed E-state index contributed by atoms with van der Waals surface area (Å²) in [5.74, 6) is -0.0730. The van der Waals surface area contributed by atoms with Gasteiger partial charge in [-0.3, -0.25) is 14.5 Å². The summed E-state index contributed by atoms with van der Waals surface area (Å²) in [6, 6.07) is -1.88. The van der Waals surface area contributed by atoms with Gasteiger partial charge in [-0.2, -0.15) is 0 Å². The number of amides is 1. The molecule has 3 saturated carbocycles. The number of hydrogen-bond acceptors (Lipinski definition) is 8. The normalized spacial score (nSPS) is 43.1. The molecule has 224 valence electrons. The van der Waals surface area contributed by atoms with Crippen LogP contribution in [0.1, 0.15) is 57.8 Å². The minimum absolute atomic E-state index is 0.0509. The van der Waals surface area contributed by atoms with E-state index >= 15 is 4.39 Å². The molecule has 5 N–H and O–H groups in total. The summed E-state index contributed by atoms with van der Waals surface area (Å²) in [6.45, 7) is 2.62. The number of alkyl halides is 1. The Bertz CT molecular complexity index is 994. The highest BCUT2D eigenvalue weighted by Gasteiger charge is 2.63. The number of ketones is 1. The third kappa shape index (κ3) is 5.12. The smallest absolute Gasteiger partial charge is 0.256 e. The Balaban J connectivity index is 1.32. The Morgan fingerprint density at radius 2 is 1.88 bits per heavy atom. The van der Waals surface area contributed by atoms with E-state index in [-0.39, 0.29) is 41.5 Å². The van der Waals surface area contributed by atoms with E-state index in [4.69, 9.17) is 16.2 Å². The molecule has 3 heterocycles. The van der Waals surface area contributed by atoms with Crippen molar-refractivity contribution in [2.75, 3.05) is 40.3 Å². The number of nitrogens with one attached hydrogen (secondary N) is 1. The summed E-state index contributed by atoms with van der Waals surface area (Å²) in [4.78, 5) is 34.2. The minimum Gasteiger partial charge on any atom is -0.369 e. The number of nitrogens with zero attached hydrogens (tertiary/aromatic N) is 3. The van der Waals surface area contributed by atoms with Gasteiger partial charge in [-0.15, -0.1) is 0 Å². The molecule has 0 bridgehead atoms. The van der Waals surface area contributed by atoms with Crippen LogP contribution in [-0.2, 0) is 14.3 Å². The molecule has 3 aliphatic carbocycles. The molecule has 6 rings (SSSR count). The molecular weight excluding hydrogens is 511 g/mol. The lowest BCUT2D eigenvalue weighted by molar-refractivity contribution is -0.215. The minimum atomic E-state index is -1.43. The average Bonchev–Trinajstić information content (AvgIpc) is 3.36. The first kappa shape index (κ1) is 28.5. The number of nitrogens with two attached hydrogens (primary N) is 2. The van der Waals surface area contributed by atoms with E-state index in [0.717, 1.165) is 38.6 Å². The highest BCUT2D eigenvalue weighted by atomic mass is 19.1. The Morgan fingerprint density at radius 3 is 2.58 bits per heavy atom. The molecule has 40 heavy (non-hydrogen) atoms. The van der Waals surface area contributed by atoms with Gasteiger partial charge in [-0.05, 0) is 64.6 Å². The maximum atomic E-state index is 16.3. The van der Waals surface area contributed by atoms with E-state index in [0.29, 0.717) is 31.5 Å². The average molecular weight is 561 g/mol. The maximum Gasteiger partial charge on any atom is 0.256 e. The fraction of sp³-hybridized carbons (Fsp3) is 0.867.